The highest BCUT2D eigenvalue weighted by molar-refractivity contribution is 7.09. The van der Waals surface area contributed by atoms with Gasteiger partial charge in [0.1, 0.15) is 5.75 Å². The number of aromatic nitrogens is 1. The molecule has 0 bridgehead atoms. The molecule has 1 heterocycles. The maximum absolute atomic E-state index is 12.7. The molecule has 3 aromatic rings. The molecule has 0 spiro atoms. The van der Waals surface area contributed by atoms with Gasteiger partial charge < -0.3 is 14.2 Å². The van der Waals surface area contributed by atoms with Crippen LogP contribution >= 0.6 is 11.3 Å². The van der Waals surface area contributed by atoms with Crippen LogP contribution in [0.15, 0.2) is 53.5 Å². The lowest BCUT2D eigenvalue weighted by molar-refractivity contribution is 0.0827. The summed E-state index contributed by atoms with van der Waals surface area (Å²) in [5.74, 6) is 0.280. The van der Waals surface area contributed by atoms with E-state index in [-0.39, 0.29) is 11.8 Å². The van der Waals surface area contributed by atoms with Gasteiger partial charge in [-0.3, -0.25) is 9.59 Å². The second-order valence-electron chi connectivity index (χ2n) is 7.16. The van der Waals surface area contributed by atoms with E-state index in [2.05, 4.69) is 4.99 Å². The van der Waals surface area contributed by atoms with Gasteiger partial charge in [0, 0.05) is 35.8 Å². The standard InChI is InChI=1S/C23H25N3O3S/c1-15-16(2)30-23(24-21(27)19-7-6-8-20(13-19)29-5)26(15)14-17-9-11-18(12-10-17)22(28)25(3)4/h6-13H,14H2,1-5H3. The van der Waals surface area contributed by atoms with Gasteiger partial charge in [0.15, 0.2) is 4.80 Å². The Labute approximate surface area is 180 Å². The van der Waals surface area contributed by atoms with Crippen LogP contribution in [-0.2, 0) is 6.54 Å². The van der Waals surface area contributed by atoms with Gasteiger partial charge in [0.2, 0.25) is 0 Å². The molecule has 3 rings (SSSR count). The fourth-order valence-corrected chi connectivity index (χ4v) is 3.94. The number of amides is 2. The van der Waals surface area contributed by atoms with Gasteiger partial charge in [0.05, 0.1) is 13.7 Å². The van der Waals surface area contributed by atoms with Gasteiger partial charge in [-0.15, -0.1) is 11.3 Å². The highest BCUT2D eigenvalue weighted by Crippen LogP contribution is 2.16. The Morgan fingerprint density at radius 1 is 1.07 bits per heavy atom. The maximum atomic E-state index is 12.7. The molecule has 1 aromatic heterocycles. The lowest BCUT2D eigenvalue weighted by Crippen LogP contribution is -2.22. The van der Waals surface area contributed by atoms with Crippen molar-refractivity contribution in [3.63, 3.8) is 0 Å². The summed E-state index contributed by atoms with van der Waals surface area (Å²) < 4.78 is 7.23. The largest absolute Gasteiger partial charge is 0.497 e. The predicted molar refractivity (Wildman–Crippen MR) is 118 cm³/mol. The molecule has 0 unspecified atom stereocenters. The van der Waals surface area contributed by atoms with Crippen LogP contribution in [0, 0.1) is 13.8 Å². The van der Waals surface area contributed by atoms with Gasteiger partial charge >= 0.3 is 0 Å². The van der Waals surface area contributed by atoms with Crippen LogP contribution in [0.2, 0.25) is 0 Å². The van der Waals surface area contributed by atoms with Crippen molar-refractivity contribution in [1.82, 2.24) is 9.47 Å². The van der Waals surface area contributed by atoms with E-state index in [1.54, 1.807) is 50.4 Å². The third kappa shape index (κ3) is 4.68. The Balaban J connectivity index is 1.92. The van der Waals surface area contributed by atoms with Crippen molar-refractivity contribution in [2.75, 3.05) is 21.2 Å². The third-order valence-electron chi connectivity index (χ3n) is 4.85. The zero-order chi connectivity index (χ0) is 21.8. The third-order valence-corrected chi connectivity index (χ3v) is 5.95. The minimum atomic E-state index is -0.309. The van der Waals surface area contributed by atoms with Crippen LogP contribution in [0.4, 0.5) is 0 Å². The maximum Gasteiger partial charge on any atom is 0.279 e. The number of benzene rings is 2. The number of methoxy groups -OCH3 is 1. The van der Waals surface area contributed by atoms with Crippen LogP contribution < -0.4 is 9.54 Å². The topological polar surface area (TPSA) is 63.9 Å². The van der Waals surface area contributed by atoms with Crippen LogP contribution in [0.5, 0.6) is 5.75 Å². The molecule has 7 heteroatoms. The van der Waals surface area contributed by atoms with E-state index in [4.69, 9.17) is 4.74 Å². The van der Waals surface area contributed by atoms with Crippen molar-refractivity contribution in [3.05, 3.63) is 80.6 Å². The number of nitrogens with zero attached hydrogens (tertiary/aromatic N) is 3. The SMILES string of the molecule is COc1cccc(C(=O)N=c2sc(C)c(C)n2Cc2ccc(C(=O)N(C)C)cc2)c1. The van der Waals surface area contributed by atoms with E-state index in [9.17, 15) is 9.59 Å². The molecule has 2 aromatic carbocycles. The lowest BCUT2D eigenvalue weighted by atomic mass is 10.1. The summed E-state index contributed by atoms with van der Waals surface area (Å²) in [6.45, 7) is 4.60. The molecule has 156 valence electrons. The van der Waals surface area contributed by atoms with Gasteiger partial charge in [-0.1, -0.05) is 18.2 Å². The first-order valence-electron chi connectivity index (χ1n) is 9.50. The Morgan fingerprint density at radius 3 is 2.40 bits per heavy atom. The fourth-order valence-electron chi connectivity index (χ4n) is 2.97. The van der Waals surface area contributed by atoms with E-state index in [0.717, 1.165) is 16.1 Å². The molecule has 0 aliphatic carbocycles. The first-order valence-corrected chi connectivity index (χ1v) is 10.3. The zero-order valence-electron chi connectivity index (χ0n) is 17.8. The first kappa shape index (κ1) is 21.5. The van der Waals surface area contributed by atoms with E-state index in [0.29, 0.717) is 28.2 Å². The van der Waals surface area contributed by atoms with E-state index < -0.39 is 0 Å². The molecule has 0 atom stereocenters. The van der Waals surface area contributed by atoms with E-state index >= 15 is 0 Å². The van der Waals surface area contributed by atoms with E-state index in [1.807, 2.05) is 42.7 Å². The van der Waals surface area contributed by atoms with Gasteiger partial charge in [0.25, 0.3) is 11.8 Å². The minimum Gasteiger partial charge on any atom is -0.497 e. The fraction of sp³-hybridized carbons (Fsp3) is 0.261. The normalized spacial score (nSPS) is 11.4. The minimum absolute atomic E-state index is 0.0312. The van der Waals surface area contributed by atoms with Crippen LogP contribution in [-0.4, -0.2) is 42.5 Å². The highest BCUT2D eigenvalue weighted by Gasteiger charge is 2.12. The Bertz CT molecular complexity index is 1140. The number of carbonyl (C=O) groups excluding carboxylic acids is 2. The average molecular weight is 424 g/mol. The molecule has 30 heavy (non-hydrogen) atoms. The molecular formula is C23H25N3O3S. The number of aryl methyl sites for hydroxylation is 1. The summed E-state index contributed by atoms with van der Waals surface area (Å²) in [7, 11) is 5.03. The summed E-state index contributed by atoms with van der Waals surface area (Å²) in [5, 5.41) is 0. The van der Waals surface area contributed by atoms with Crippen LogP contribution in [0.3, 0.4) is 0 Å². The molecule has 0 aliphatic heterocycles. The number of ether oxygens (including phenoxy) is 1. The number of thiazole rings is 1. The van der Waals surface area contributed by atoms with Crippen molar-refractivity contribution in [2.45, 2.75) is 20.4 Å². The molecule has 0 aliphatic rings. The summed E-state index contributed by atoms with van der Waals surface area (Å²) in [6.07, 6.45) is 0. The molecule has 0 saturated heterocycles. The Morgan fingerprint density at radius 2 is 1.77 bits per heavy atom. The number of rotatable bonds is 5. The number of carbonyl (C=O) groups is 2. The average Bonchev–Trinajstić information content (AvgIpc) is 3.01. The highest BCUT2D eigenvalue weighted by atomic mass is 32.1. The molecule has 0 saturated carbocycles. The summed E-state index contributed by atoms with van der Waals surface area (Å²) in [4.78, 5) is 32.5. The van der Waals surface area contributed by atoms with Gasteiger partial charge in [-0.05, 0) is 49.7 Å². The first-order chi connectivity index (χ1) is 14.3. The Hall–Kier alpha value is -3.19. The van der Waals surface area contributed by atoms with Crippen molar-refractivity contribution in [1.29, 1.82) is 0 Å². The van der Waals surface area contributed by atoms with Crippen molar-refractivity contribution in [3.8, 4) is 5.75 Å². The zero-order valence-corrected chi connectivity index (χ0v) is 18.6. The second-order valence-corrected chi connectivity index (χ2v) is 8.34. The summed E-state index contributed by atoms with van der Waals surface area (Å²) in [6, 6.07) is 14.5. The monoisotopic (exact) mass is 423 g/mol. The smallest absolute Gasteiger partial charge is 0.279 e. The summed E-state index contributed by atoms with van der Waals surface area (Å²) in [5.41, 5.74) is 3.22. The molecule has 0 radical (unpaired) electrons. The molecular weight excluding hydrogens is 398 g/mol. The molecule has 2 amide bonds. The molecule has 0 N–H and O–H groups in total. The van der Waals surface area contributed by atoms with E-state index in [1.165, 1.54) is 11.3 Å². The number of hydrogen-bond donors (Lipinski definition) is 0. The quantitative estimate of drug-likeness (QED) is 0.629. The predicted octanol–water partition coefficient (Wildman–Crippen LogP) is 3.67. The molecule has 0 fully saturated rings. The van der Waals surface area contributed by atoms with Crippen LogP contribution in [0.25, 0.3) is 0 Å². The summed E-state index contributed by atoms with van der Waals surface area (Å²) >= 11 is 1.49. The van der Waals surface area contributed by atoms with Crippen molar-refractivity contribution in [2.24, 2.45) is 4.99 Å². The van der Waals surface area contributed by atoms with Gasteiger partial charge in [-0.2, -0.15) is 4.99 Å². The second kappa shape index (κ2) is 9.09. The lowest BCUT2D eigenvalue weighted by Gasteiger charge is -2.11. The van der Waals surface area contributed by atoms with Crippen LogP contribution in [0.1, 0.15) is 36.9 Å². The van der Waals surface area contributed by atoms with Crippen molar-refractivity contribution >= 4 is 23.2 Å². The Kier molecular flexibility index (Phi) is 6.52. The number of hydrogen-bond acceptors (Lipinski definition) is 4. The van der Waals surface area contributed by atoms with Crippen molar-refractivity contribution < 1.29 is 14.3 Å². The van der Waals surface area contributed by atoms with Gasteiger partial charge in [-0.25, -0.2) is 0 Å². The molecule has 6 nitrogen and oxygen atoms in total.